The van der Waals surface area contributed by atoms with Gasteiger partial charge in [-0.15, -0.1) is 6.58 Å². The summed E-state index contributed by atoms with van der Waals surface area (Å²) in [5.41, 5.74) is 4.62. The van der Waals surface area contributed by atoms with Gasteiger partial charge in [0.2, 0.25) is 18.5 Å². The van der Waals surface area contributed by atoms with Gasteiger partial charge in [0.15, 0.2) is 11.5 Å². The summed E-state index contributed by atoms with van der Waals surface area (Å²) in [6.07, 6.45) is 17.8. The Hall–Kier alpha value is -6.75. The molecule has 3 N–H and O–H groups in total. The summed E-state index contributed by atoms with van der Waals surface area (Å²) in [5, 5.41) is 39.6. The smallest absolute Gasteiger partial charge is 0.412 e. The number of nitro groups is 1. The first kappa shape index (κ1) is 57.4. The van der Waals surface area contributed by atoms with Crippen LogP contribution in [-0.2, 0) is 34.1 Å². The zero-order valence-corrected chi connectivity index (χ0v) is 45.2. The highest BCUT2D eigenvalue weighted by molar-refractivity contribution is 6.03. The molecule has 6 atom stereocenters. The molecule has 2 aliphatic carbocycles. The molecule has 4 aromatic rings. The summed E-state index contributed by atoms with van der Waals surface area (Å²) < 4.78 is 32.4. The average molecular weight is 1070 g/mol. The minimum atomic E-state index is -1.54. The summed E-state index contributed by atoms with van der Waals surface area (Å²) in [5.74, 6) is -0.702. The molecular weight excluding hydrogens is 993 g/mol. The van der Waals surface area contributed by atoms with Gasteiger partial charge in [-0.05, 0) is 109 Å². The van der Waals surface area contributed by atoms with E-state index in [0.29, 0.717) is 60.0 Å². The third-order valence-corrected chi connectivity index (χ3v) is 15.7. The summed E-state index contributed by atoms with van der Waals surface area (Å²) in [7, 11) is 0. The van der Waals surface area contributed by atoms with Crippen LogP contribution >= 0.6 is 0 Å². The molecule has 418 valence electrons. The number of nitrogens with zero attached hydrogens (tertiary/aromatic N) is 3. The van der Waals surface area contributed by atoms with Crippen LogP contribution in [0.25, 0.3) is 0 Å². The van der Waals surface area contributed by atoms with E-state index in [4.69, 9.17) is 33.7 Å². The number of aliphatic hydroxyl groups excluding tert-OH is 2. The fourth-order valence-electron chi connectivity index (χ4n) is 11.9. The molecule has 8 rings (SSSR count). The van der Waals surface area contributed by atoms with E-state index in [1.54, 1.807) is 24.3 Å². The molecule has 16 nitrogen and oxygen atoms in total. The summed E-state index contributed by atoms with van der Waals surface area (Å²) >= 11 is 0. The number of allylic oxidation sites excluding steroid dienone is 1. The van der Waals surface area contributed by atoms with E-state index in [0.717, 1.165) is 60.8 Å². The Kier molecular flexibility index (Phi) is 21.2. The second kappa shape index (κ2) is 28.7. The van der Waals surface area contributed by atoms with Gasteiger partial charge in [-0.2, -0.15) is 0 Å². The van der Waals surface area contributed by atoms with Crippen LogP contribution in [0.4, 0.5) is 10.5 Å². The lowest BCUT2D eigenvalue weighted by atomic mass is 9.55. The van der Waals surface area contributed by atoms with Crippen molar-refractivity contribution in [2.75, 3.05) is 26.6 Å². The Morgan fingerprint density at radius 3 is 2.27 bits per heavy atom. The van der Waals surface area contributed by atoms with E-state index in [1.807, 2.05) is 65.6 Å². The van der Waals surface area contributed by atoms with Gasteiger partial charge in [0.1, 0.15) is 24.1 Å². The number of amides is 2. The van der Waals surface area contributed by atoms with Crippen molar-refractivity contribution in [1.29, 1.82) is 0 Å². The lowest BCUT2D eigenvalue weighted by molar-refractivity contribution is -0.384. The van der Waals surface area contributed by atoms with Crippen LogP contribution in [0.3, 0.4) is 0 Å². The van der Waals surface area contributed by atoms with E-state index in [1.165, 1.54) is 44.2 Å². The average Bonchev–Trinajstić information content (AvgIpc) is 4.03. The minimum Gasteiger partial charge on any atom is -0.459 e. The third-order valence-electron chi connectivity index (χ3n) is 15.7. The number of nitrogens with one attached hydrogen (secondary N) is 1. The number of hydrogen-bond acceptors (Lipinski definition) is 13. The van der Waals surface area contributed by atoms with Gasteiger partial charge in [0.05, 0.1) is 23.2 Å². The topological polar surface area (TPSA) is 201 Å². The maximum Gasteiger partial charge on any atom is 0.412 e. The minimum absolute atomic E-state index is 0.0141. The Morgan fingerprint density at radius 1 is 0.833 bits per heavy atom. The Balaban J connectivity index is 1.25. The highest BCUT2D eigenvalue weighted by Crippen LogP contribution is 2.62. The summed E-state index contributed by atoms with van der Waals surface area (Å²) in [4.78, 5) is 48.3. The van der Waals surface area contributed by atoms with Crippen LogP contribution in [0.1, 0.15) is 144 Å². The zero-order valence-electron chi connectivity index (χ0n) is 45.2. The number of fused-ring (bicyclic) bond motifs is 3. The van der Waals surface area contributed by atoms with Crippen molar-refractivity contribution in [2.24, 2.45) is 22.9 Å². The second-order valence-electron chi connectivity index (χ2n) is 21.0. The number of non-ortho nitro benzene ring substituents is 1. The highest BCUT2D eigenvalue weighted by Gasteiger charge is 2.65. The Bertz CT molecular complexity index is 2680. The van der Waals surface area contributed by atoms with Crippen molar-refractivity contribution < 1.29 is 53.2 Å². The van der Waals surface area contributed by atoms with Crippen LogP contribution in [0, 0.1) is 27.9 Å². The van der Waals surface area contributed by atoms with E-state index >= 15 is 4.79 Å². The molecule has 0 bridgehead atoms. The normalized spacial score (nSPS) is 21.1. The van der Waals surface area contributed by atoms with Crippen molar-refractivity contribution in [3.05, 3.63) is 148 Å². The van der Waals surface area contributed by atoms with Gasteiger partial charge in [0, 0.05) is 62.8 Å². The highest BCUT2D eigenvalue weighted by atomic mass is 16.7. The largest absolute Gasteiger partial charge is 0.459 e. The number of carbonyl (C=O) groups excluding carboxylic acids is 2. The number of oxime groups is 1. The fraction of sp³-hybridized carbons (Fsp3) is 0.500. The van der Waals surface area contributed by atoms with E-state index in [9.17, 15) is 25.1 Å². The number of nitro benzene ring substituents is 1. The molecule has 0 spiro atoms. The van der Waals surface area contributed by atoms with E-state index in [2.05, 4.69) is 24.9 Å². The number of rotatable bonds is 31. The lowest BCUT2D eigenvalue weighted by Gasteiger charge is -2.60. The Labute approximate surface area is 458 Å². The first-order valence-corrected chi connectivity index (χ1v) is 28.3. The number of unbranched alkanes of at least 4 members (excludes halogenated alkanes) is 10. The van der Waals surface area contributed by atoms with Gasteiger partial charge in [-0.1, -0.05) is 125 Å². The SMILES string of the molecule is C=CCOC12Oc3ccc(OC(=O)NCc4ccccc4)cc3C3C(CCCCO)C(CCCCO)C=C(C(=NOCc4ccc([N+](=O)[O-])cc4)CC1N(Cc1ccc4c(c1)OCO4)C(=O)CCCCCCCCCCC)C32. The van der Waals surface area contributed by atoms with Crippen LogP contribution < -0.4 is 24.3 Å². The predicted octanol–water partition coefficient (Wildman–Crippen LogP) is 12.4. The van der Waals surface area contributed by atoms with Crippen LogP contribution in [0.2, 0.25) is 0 Å². The van der Waals surface area contributed by atoms with E-state index in [-0.39, 0.29) is 88.5 Å². The third kappa shape index (κ3) is 14.5. The molecule has 16 heteroatoms. The maximum atomic E-state index is 15.5. The molecule has 4 aromatic carbocycles. The van der Waals surface area contributed by atoms with Crippen molar-refractivity contribution in [3.63, 3.8) is 0 Å². The molecule has 78 heavy (non-hydrogen) atoms. The quantitative estimate of drug-likeness (QED) is 0.0187. The van der Waals surface area contributed by atoms with E-state index < -0.39 is 28.8 Å². The second-order valence-corrected chi connectivity index (χ2v) is 21.0. The van der Waals surface area contributed by atoms with Crippen LogP contribution in [-0.4, -0.2) is 76.2 Å². The standard InChI is InChI=1S/C62H78N4O12/c1-3-5-6-7-8-9-10-11-15-24-58(69)65(41-46-27-31-55-56(36-46)74-43-73-55)57-39-53(64-76-42-45-25-28-48(29-26-45)66(71)72)51-37-47(22-16-18-33-67)50(23-17-19-34-68)59-52-38-49(77-61(70)63-40-44-20-13-12-14-21-44)30-32-54(52)78-62(57,60(51)59)75-35-4-2/h4,12-14,20-21,25-32,36-38,47,50,57,59-60,67-68H,2-3,5-11,15-19,22-24,33-35,39-43H2,1H3,(H,63,70). The summed E-state index contributed by atoms with van der Waals surface area (Å²) in [6.45, 7) is 7.03. The van der Waals surface area contributed by atoms with Crippen LogP contribution in [0.15, 0.2) is 120 Å². The molecule has 0 aromatic heterocycles. The Morgan fingerprint density at radius 2 is 1.54 bits per heavy atom. The molecule has 0 saturated heterocycles. The van der Waals surface area contributed by atoms with Gasteiger partial charge in [0.25, 0.3) is 5.69 Å². The van der Waals surface area contributed by atoms with Crippen molar-refractivity contribution in [1.82, 2.24) is 10.2 Å². The molecule has 1 fully saturated rings. The molecule has 1 saturated carbocycles. The molecule has 0 radical (unpaired) electrons. The van der Waals surface area contributed by atoms with Gasteiger partial charge >= 0.3 is 6.09 Å². The maximum absolute atomic E-state index is 15.5. The monoisotopic (exact) mass is 1070 g/mol. The molecule has 4 aliphatic rings. The fourth-order valence-corrected chi connectivity index (χ4v) is 11.9. The van der Waals surface area contributed by atoms with Crippen LogP contribution in [0.5, 0.6) is 23.0 Å². The number of benzene rings is 4. The first-order valence-electron chi connectivity index (χ1n) is 28.3. The van der Waals surface area contributed by atoms with Crippen molar-refractivity contribution in [2.45, 2.75) is 154 Å². The van der Waals surface area contributed by atoms with Gasteiger partial charge < -0.3 is 49.0 Å². The predicted molar refractivity (Wildman–Crippen MR) is 297 cm³/mol. The first-order chi connectivity index (χ1) is 38.2. The number of aliphatic hydroxyl groups is 2. The molecule has 2 amide bonds. The molecule has 2 aliphatic heterocycles. The lowest BCUT2D eigenvalue weighted by Crippen LogP contribution is -2.70. The number of ether oxygens (including phenoxy) is 5. The number of carbonyl (C=O) groups is 2. The van der Waals surface area contributed by atoms with Crippen molar-refractivity contribution >= 4 is 23.4 Å². The molecule has 2 heterocycles. The van der Waals surface area contributed by atoms with Gasteiger partial charge in [-0.25, -0.2) is 4.79 Å². The molecule has 6 unspecified atom stereocenters. The van der Waals surface area contributed by atoms with Gasteiger partial charge in [-0.3, -0.25) is 14.9 Å². The number of hydrogen-bond donors (Lipinski definition) is 3. The zero-order chi connectivity index (χ0) is 54.7. The molecular formula is C62H78N4O12. The van der Waals surface area contributed by atoms with Crippen molar-refractivity contribution in [3.8, 4) is 23.0 Å². The summed E-state index contributed by atoms with van der Waals surface area (Å²) in [6, 6.07) is 26.1.